The maximum Gasteiger partial charge on any atom is 0.337 e. The molecule has 0 saturated heterocycles. The Balaban J connectivity index is 3.21. The first-order valence-corrected chi connectivity index (χ1v) is 3.87. The van der Waals surface area contributed by atoms with Gasteiger partial charge in [-0.3, -0.25) is 4.79 Å². The number of nitrogens with zero attached hydrogens (tertiary/aromatic N) is 1. The molecule has 0 aromatic carbocycles. The van der Waals surface area contributed by atoms with Gasteiger partial charge in [-0.25, -0.2) is 9.78 Å². The Morgan fingerprint density at radius 3 is 2.93 bits per heavy atom. The second kappa shape index (κ2) is 4.40. The fourth-order valence-corrected chi connectivity index (χ4v) is 0.911. The standard InChI is InChI=1S/C9H4ClNO3/c10-8-6(2-1-3-12)4-7(5-11-8)9(13)14/h3-5H,(H,13,14). The van der Waals surface area contributed by atoms with Crippen LogP contribution in [-0.2, 0) is 4.79 Å². The average molecular weight is 210 g/mol. The zero-order valence-electron chi connectivity index (χ0n) is 6.82. The van der Waals surface area contributed by atoms with Gasteiger partial charge in [-0.15, -0.1) is 0 Å². The number of halogens is 1. The van der Waals surface area contributed by atoms with Gasteiger partial charge in [-0.2, -0.15) is 0 Å². The number of carbonyl (C=O) groups is 2. The quantitative estimate of drug-likeness (QED) is 0.425. The molecule has 70 valence electrons. The van der Waals surface area contributed by atoms with Crippen molar-refractivity contribution in [3.63, 3.8) is 0 Å². The van der Waals surface area contributed by atoms with Crippen LogP contribution in [-0.4, -0.2) is 22.3 Å². The smallest absolute Gasteiger partial charge is 0.337 e. The summed E-state index contributed by atoms with van der Waals surface area (Å²) in [6.07, 6.45) is 1.51. The lowest BCUT2D eigenvalue weighted by Crippen LogP contribution is -1.98. The van der Waals surface area contributed by atoms with E-state index in [1.165, 1.54) is 6.07 Å². The first-order valence-electron chi connectivity index (χ1n) is 3.49. The van der Waals surface area contributed by atoms with Crippen LogP contribution in [0.3, 0.4) is 0 Å². The summed E-state index contributed by atoms with van der Waals surface area (Å²) < 4.78 is 0. The van der Waals surface area contributed by atoms with E-state index >= 15 is 0 Å². The summed E-state index contributed by atoms with van der Waals surface area (Å²) in [6.45, 7) is 0. The van der Waals surface area contributed by atoms with Crippen molar-refractivity contribution in [2.24, 2.45) is 0 Å². The van der Waals surface area contributed by atoms with Gasteiger partial charge < -0.3 is 5.11 Å². The van der Waals surface area contributed by atoms with E-state index in [0.717, 1.165) is 6.20 Å². The molecule has 0 atom stereocenters. The second-order valence-electron chi connectivity index (χ2n) is 2.25. The summed E-state index contributed by atoms with van der Waals surface area (Å²) in [6, 6.07) is 1.26. The van der Waals surface area contributed by atoms with Gasteiger partial charge in [0, 0.05) is 6.20 Å². The molecule has 0 bridgehead atoms. The number of carboxylic acid groups (broad SMARTS) is 1. The van der Waals surface area contributed by atoms with E-state index in [2.05, 4.69) is 16.8 Å². The third kappa shape index (κ3) is 2.31. The van der Waals surface area contributed by atoms with Crippen molar-refractivity contribution in [2.45, 2.75) is 0 Å². The lowest BCUT2D eigenvalue weighted by Gasteiger charge is -1.96. The third-order valence-corrected chi connectivity index (χ3v) is 1.65. The van der Waals surface area contributed by atoms with Crippen LogP contribution in [0.2, 0.25) is 5.15 Å². The zero-order valence-corrected chi connectivity index (χ0v) is 7.58. The van der Waals surface area contributed by atoms with Crippen LogP contribution in [0.1, 0.15) is 15.9 Å². The lowest BCUT2D eigenvalue weighted by atomic mass is 10.2. The van der Waals surface area contributed by atoms with Gasteiger partial charge in [0.25, 0.3) is 0 Å². The highest BCUT2D eigenvalue weighted by atomic mass is 35.5. The van der Waals surface area contributed by atoms with Gasteiger partial charge in [-0.05, 0) is 12.0 Å². The molecule has 5 heteroatoms. The molecular formula is C9H4ClNO3. The number of carboxylic acids is 1. The predicted octanol–water partition coefficient (Wildman–Crippen LogP) is 0.984. The Hall–Kier alpha value is -1.86. The first-order chi connectivity index (χ1) is 6.65. The van der Waals surface area contributed by atoms with Crippen molar-refractivity contribution in [1.29, 1.82) is 0 Å². The van der Waals surface area contributed by atoms with E-state index in [1.54, 1.807) is 0 Å². The van der Waals surface area contributed by atoms with Crippen molar-refractivity contribution < 1.29 is 14.7 Å². The minimum absolute atomic E-state index is 0.0235. The SMILES string of the molecule is O=CC#Cc1cc(C(=O)O)cnc1Cl. The van der Waals surface area contributed by atoms with Gasteiger partial charge in [0.05, 0.1) is 11.1 Å². The normalized spacial score (nSPS) is 8.64. The molecule has 1 aromatic rings. The molecular weight excluding hydrogens is 206 g/mol. The van der Waals surface area contributed by atoms with E-state index in [1.807, 2.05) is 0 Å². The van der Waals surface area contributed by atoms with Crippen molar-refractivity contribution in [3.05, 3.63) is 28.5 Å². The number of aromatic carboxylic acids is 1. The molecule has 0 amide bonds. The van der Waals surface area contributed by atoms with E-state index in [-0.39, 0.29) is 16.3 Å². The van der Waals surface area contributed by atoms with Crippen LogP contribution < -0.4 is 0 Å². The van der Waals surface area contributed by atoms with E-state index < -0.39 is 5.97 Å². The van der Waals surface area contributed by atoms with Gasteiger partial charge >= 0.3 is 5.97 Å². The zero-order chi connectivity index (χ0) is 10.6. The topological polar surface area (TPSA) is 67.3 Å². The summed E-state index contributed by atoms with van der Waals surface area (Å²) >= 11 is 5.61. The van der Waals surface area contributed by atoms with Crippen molar-refractivity contribution in [2.75, 3.05) is 0 Å². The van der Waals surface area contributed by atoms with Crippen LogP contribution in [0, 0.1) is 11.8 Å². The number of aromatic nitrogens is 1. The molecule has 0 radical (unpaired) electrons. The maximum absolute atomic E-state index is 10.5. The number of pyridine rings is 1. The van der Waals surface area contributed by atoms with Crippen LogP contribution >= 0.6 is 11.6 Å². The van der Waals surface area contributed by atoms with E-state index in [9.17, 15) is 9.59 Å². The first kappa shape index (κ1) is 10.2. The number of aldehydes is 1. The Morgan fingerprint density at radius 2 is 2.36 bits per heavy atom. The summed E-state index contributed by atoms with van der Waals surface area (Å²) in [7, 11) is 0. The number of hydrogen-bond donors (Lipinski definition) is 1. The maximum atomic E-state index is 10.5. The minimum atomic E-state index is -1.12. The second-order valence-corrected chi connectivity index (χ2v) is 2.61. The van der Waals surface area contributed by atoms with Crippen molar-refractivity contribution in [3.8, 4) is 11.8 Å². The molecule has 1 heterocycles. The highest BCUT2D eigenvalue weighted by Crippen LogP contribution is 2.12. The number of hydrogen-bond acceptors (Lipinski definition) is 3. The predicted molar refractivity (Wildman–Crippen MR) is 49.1 cm³/mol. The highest BCUT2D eigenvalue weighted by Gasteiger charge is 2.06. The fraction of sp³-hybridized carbons (Fsp3) is 0. The molecule has 0 aliphatic rings. The monoisotopic (exact) mass is 209 g/mol. The Bertz CT molecular complexity index is 445. The summed E-state index contributed by atoms with van der Waals surface area (Å²) in [4.78, 5) is 24.1. The van der Waals surface area contributed by atoms with Gasteiger partial charge in [0.2, 0.25) is 0 Å². The molecule has 0 fully saturated rings. The molecule has 1 aromatic heterocycles. The largest absolute Gasteiger partial charge is 0.478 e. The van der Waals surface area contributed by atoms with Crippen molar-refractivity contribution in [1.82, 2.24) is 4.98 Å². The number of carbonyl (C=O) groups excluding carboxylic acids is 1. The molecule has 0 aliphatic carbocycles. The lowest BCUT2D eigenvalue weighted by molar-refractivity contribution is -0.103. The molecule has 0 spiro atoms. The molecule has 0 unspecified atom stereocenters. The van der Waals surface area contributed by atoms with Gasteiger partial charge in [0.1, 0.15) is 5.15 Å². The minimum Gasteiger partial charge on any atom is -0.478 e. The summed E-state index contributed by atoms with van der Waals surface area (Å²) in [5, 5.41) is 8.70. The highest BCUT2D eigenvalue weighted by molar-refractivity contribution is 6.30. The summed E-state index contributed by atoms with van der Waals surface area (Å²) in [5.74, 6) is 3.38. The Kier molecular flexibility index (Phi) is 3.21. The number of rotatable bonds is 1. The van der Waals surface area contributed by atoms with Crippen molar-refractivity contribution >= 4 is 23.9 Å². The molecule has 1 rings (SSSR count). The fourth-order valence-electron chi connectivity index (χ4n) is 0.760. The van der Waals surface area contributed by atoms with Crippen LogP contribution in [0.15, 0.2) is 12.3 Å². The Morgan fingerprint density at radius 1 is 1.64 bits per heavy atom. The Labute approximate surface area is 84.5 Å². The molecule has 4 nitrogen and oxygen atoms in total. The molecule has 0 aliphatic heterocycles. The van der Waals surface area contributed by atoms with Crippen LogP contribution in [0.25, 0.3) is 0 Å². The summed E-state index contributed by atoms with van der Waals surface area (Å²) in [5.41, 5.74) is 0.197. The van der Waals surface area contributed by atoms with Gasteiger partial charge in [0.15, 0.2) is 6.29 Å². The average Bonchev–Trinajstić information content (AvgIpc) is 2.16. The van der Waals surface area contributed by atoms with E-state index in [4.69, 9.17) is 16.7 Å². The molecule has 14 heavy (non-hydrogen) atoms. The molecule has 1 N–H and O–H groups in total. The molecule has 0 saturated carbocycles. The van der Waals surface area contributed by atoms with Crippen LogP contribution in [0.5, 0.6) is 0 Å². The van der Waals surface area contributed by atoms with E-state index in [0.29, 0.717) is 6.29 Å². The third-order valence-electron chi connectivity index (χ3n) is 1.35. The van der Waals surface area contributed by atoms with Gasteiger partial charge in [-0.1, -0.05) is 17.5 Å². The van der Waals surface area contributed by atoms with Crippen LogP contribution in [0.4, 0.5) is 0 Å².